The van der Waals surface area contributed by atoms with Crippen LogP contribution < -0.4 is 4.84 Å². The Labute approximate surface area is 70.6 Å². The Kier molecular flexibility index (Phi) is 3.22. The first-order chi connectivity index (χ1) is 5.86. The summed E-state index contributed by atoms with van der Waals surface area (Å²) in [5.41, 5.74) is 7.52. The molecule has 4 nitrogen and oxygen atoms in total. The first kappa shape index (κ1) is 8.67. The first-order valence-corrected chi connectivity index (χ1v) is 3.48. The number of hydrogen-bond donors (Lipinski definition) is 1. The Morgan fingerprint density at radius 2 is 2.00 bits per heavy atom. The van der Waals surface area contributed by atoms with Gasteiger partial charge in [-0.3, -0.25) is 0 Å². The normalized spacial score (nSPS) is 9.42. The maximum Gasteiger partial charge on any atom is 0.159 e. The van der Waals surface area contributed by atoms with Crippen LogP contribution in [0.5, 0.6) is 5.75 Å². The van der Waals surface area contributed by atoms with Crippen molar-refractivity contribution in [3.63, 3.8) is 0 Å². The van der Waals surface area contributed by atoms with Crippen molar-refractivity contribution >= 4 is 0 Å². The quantitative estimate of drug-likeness (QED) is 0.550. The Balaban J connectivity index is 2.64. The molecule has 0 aliphatic rings. The summed E-state index contributed by atoms with van der Waals surface area (Å²) in [5.74, 6) is 0.560. The molecule has 0 saturated heterocycles. The molecule has 4 heteroatoms. The lowest BCUT2D eigenvalue weighted by molar-refractivity contribution is 0.185. The standard InChI is InChI=1S/C8H10N2O2/c1-11-6-7-2-4-8(5-3-7)12-10-9/h2-5,9H,6H2,1H3. The van der Waals surface area contributed by atoms with Crippen LogP contribution in [0.2, 0.25) is 0 Å². The number of ether oxygens (including phenoxy) is 1. The molecule has 0 spiro atoms. The van der Waals surface area contributed by atoms with E-state index in [-0.39, 0.29) is 0 Å². The molecule has 64 valence electrons. The second kappa shape index (κ2) is 4.46. The molecular formula is C8H10N2O2. The fraction of sp³-hybridized carbons (Fsp3) is 0.250. The number of benzene rings is 1. The van der Waals surface area contributed by atoms with Crippen LogP contribution in [-0.4, -0.2) is 7.11 Å². The summed E-state index contributed by atoms with van der Waals surface area (Å²) < 4.78 is 4.93. The highest BCUT2D eigenvalue weighted by Crippen LogP contribution is 2.12. The molecule has 1 aromatic carbocycles. The average Bonchev–Trinajstić information content (AvgIpc) is 2.09. The Hall–Kier alpha value is -1.42. The van der Waals surface area contributed by atoms with Gasteiger partial charge in [0.05, 0.1) is 6.61 Å². The van der Waals surface area contributed by atoms with Crippen LogP contribution in [-0.2, 0) is 11.3 Å². The van der Waals surface area contributed by atoms with Crippen LogP contribution >= 0.6 is 0 Å². The third-order valence-electron chi connectivity index (χ3n) is 1.39. The minimum absolute atomic E-state index is 0.560. The first-order valence-electron chi connectivity index (χ1n) is 3.48. The maximum absolute atomic E-state index is 6.45. The second-order valence-corrected chi connectivity index (χ2v) is 2.26. The van der Waals surface area contributed by atoms with Gasteiger partial charge in [0.25, 0.3) is 0 Å². The molecule has 0 saturated carbocycles. The number of rotatable bonds is 4. The lowest BCUT2D eigenvalue weighted by Crippen LogP contribution is -1.87. The third kappa shape index (κ3) is 2.32. The predicted octanol–water partition coefficient (Wildman–Crippen LogP) is 2.16. The molecule has 0 radical (unpaired) electrons. The van der Waals surface area contributed by atoms with Gasteiger partial charge in [-0.1, -0.05) is 12.1 Å². The molecule has 0 amide bonds. The fourth-order valence-electron chi connectivity index (χ4n) is 0.866. The summed E-state index contributed by atoms with van der Waals surface area (Å²) in [6.45, 7) is 0.582. The van der Waals surface area contributed by atoms with E-state index in [1.54, 1.807) is 19.2 Å². The molecule has 0 atom stereocenters. The van der Waals surface area contributed by atoms with E-state index in [1.807, 2.05) is 12.1 Å². The molecule has 0 bridgehead atoms. The largest absolute Gasteiger partial charge is 0.380 e. The smallest absolute Gasteiger partial charge is 0.159 e. The van der Waals surface area contributed by atoms with Gasteiger partial charge in [0, 0.05) is 12.4 Å². The van der Waals surface area contributed by atoms with Crippen molar-refractivity contribution < 1.29 is 9.57 Å². The molecule has 0 aromatic heterocycles. The highest BCUT2D eigenvalue weighted by Gasteiger charge is 1.93. The van der Waals surface area contributed by atoms with Crippen LogP contribution in [0.3, 0.4) is 0 Å². The van der Waals surface area contributed by atoms with E-state index in [2.05, 4.69) is 10.1 Å². The van der Waals surface area contributed by atoms with Crippen LogP contribution in [0.25, 0.3) is 0 Å². The number of methoxy groups -OCH3 is 1. The second-order valence-electron chi connectivity index (χ2n) is 2.26. The van der Waals surface area contributed by atoms with E-state index >= 15 is 0 Å². The van der Waals surface area contributed by atoms with Gasteiger partial charge in [0.15, 0.2) is 5.75 Å². The van der Waals surface area contributed by atoms with Gasteiger partial charge in [-0.25, -0.2) is 0 Å². The average molecular weight is 166 g/mol. The summed E-state index contributed by atoms with van der Waals surface area (Å²) in [6.07, 6.45) is 0. The van der Waals surface area contributed by atoms with Crippen molar-refractivity contribution in [3.05, 3.63) is 29.8 Å². The topological polar surface area (TPSA) is 54.7 Å². The van der Waals surface area contributed by atoms with Gasteiger partial charge in [-0.05, 0) is 17.7 Å². The van der Waals surface area contributed by atoms with Gasteiger partial charge < -0.3 is 9.57 Å². The SMILES string of the molecule is COCc1ccc(ON=N)cc1. The van der Waals surface area contributed by atoms with Crippen molar-refractivity contribution in [2.75, 3.05) is 7.11 Å². The van der Waals surface area contributed by atoms with Gasteiger partial charge in [-0.15, -0.1) is 0 Å². The van der Waals surface area contributed by atoms with E-state index in [1.165, 1.54) is 0 Å². The van der Waals surface area contributed by atoms with Gasteiger partial charge in [-0.2, -0.15) is 5.53 Å². The summed E-state index contributed by atoms with van der Waals surface area (Å²) in [6, 6.07) is 7.22. The van der Waals surface area contributed by atoms with Crippen LogP contribution in [0.4, 0.5) is 0 Å². The van der Waals surface area contributed by atoms with Crippen molar-refractivity contribution in [2.24, 2.45) is 5.28 Å². The van der Waals surface area contributed by atoms with Crippen LogP contribution in [0, 0.1) is 5.53 Å². The van der Waals surface area contributed by atoms with Crippen molar-refractivity contribution in [1.82, 2.24) is 0 Å². The molecule has 1 rings (SSSR count). The summed E-state index contributed by atoms with van der Waals surface area (Å²) in [7, 11) is 1.64. The third-order valence-corrected chi connectivity index (χ3v) is 1.39. The number of nitrogens with one attached hydrogen (secondary N) is 1. The maximum atomic E-state index is 6.45. The van der Waals surface area contributed by atoms with E-state index in [4.69, 9.17) is 10.3 Å². The molecule has 0 unspecified atom stereocenters. The van der Waals surface area contributed by atoms with Crippen LogP contribution in [0.1, 0.15) is 5.56 Å². The molecule has 0 aliphatic carbocycles. The minimum Gasteiger partial charge on any atom is -0.380 e. The molecular weight excluding hydrogens is 156 g/mol. The lowest BCUT2D eigenvalue weighted by atomic mass is 10.2. The number of nitrogens with zero attached hydrogens (tertiary/aromatic N) is 1. The molecule has 0 fully saturated rings. The zero-order chi connectivity index (χ0) is 8.81. The number of hydrogen-bond acceptors (Lipinski definition) is 4. The predicted molar refractivity (Wildman–Crippen MR) is 42.9 cm³/mol. The van der Waals surface area contributed by atoms with E-state index in [0.29, 0.717) is 12.4 Å². The summed E-state index contributed by atoms with van der Waals surface area (Å²) in [4.78, 5) is 4.59. The highest BCUT2D eigenvalue weighted by atomic mass is 16.6. The molecule has 0 heterocycles. The van der Waals surface area contributed by atoms with E-state index < -0.39 is 0 Å². The molecule has 0 aliphatic heterocycles. The Morgan fingerprint density at radius 1 is 1.33 bits per heavy atom. The Bertz CT molecular complexity index is 246. The molecule has 12 heavy (non-hydrogen) atoms. The zero-order valence-electron chi connectivity index (χ0n) is 6.78. The van der Waals surface area contributed by atoms with Crippen molar-refractivity contribution in [3.8, 4) is 5.75 Å². The molecule has 1 N–H and O–H groups in total. The highest BCUT2D eigenvalue weighted by molar-refractivity contribution is 5.26. The van der Waals surface area contributed by atoms with Crippen molar-refractivity contribution in [1.29, 1.82) is 5.53 Å². The van der Waals surface area contributed by atoms with Gasteiger partial charge in [0.2, 0.25) is 0 Å². The van der Waals surface area contributed by atoms with Gasteiger partial charge >= 0.3 is 0 Å². The molecule has 1 aromatic rings. The monoisotopic (exact) mass is 166 g/mol. The van der Waals surface area contributed by atoms with Gasteiger partial charge in [0.1, 0.15) is 0 Å². The fourth-order valence-corrected chi connectivity index (χ4v) is 0.866. The lowest BCUT2D eigenvalue weighted by Gasteiger charge is -1.99. The Morgan fingerprint density at radius 3 is 2.50 bits per heavy atom. The zero-order valence-corrected chi connectivity index (χ0v) is 6.78. The van der Waals surface area contributed by atoms with Crippen molar-refractivity contribution in [2.45, 2.75) is 6.61 Å². The minimum atomic E-state index is 0.560. The summed E-state index contributed by atoms with van der Waals surface area (Å²) in [5, 5.41) is 2.80. The van der Waals surface area contributed by atoms with Crippen LogP contribution in [0.15, 0.2) is 29.5 Å². The van der Waals surface area contributed by atoms with E-state index in [0.717, 1.165) is 5.56 Å². The van der Waals surface area contributed by atoms with E-state index in [9.17, 15) is 0 Å². The summed E-state index contributed by atoms with van der Waals surface area (Å²) >= 11 is 0.